The summed E-state index contributed by atoms with van der Waals surface area (Å²) in [6.07, 6.45) is 0. The van der Waals surface area contributed by atoms with Gasteiger partial charge in [0.05, 0.1) is 7.11 Å². The summed E-state index contributed by atoms with van der Waals surface area (Å²) >= 11 is 0. The zero-order valence-electron chi connectivity index (χ0n) is 7.50. The molecule has 0 saturated carbocycles. The molecule has 1 unspecified atom stereocenters. The minimum absolute atomic E-state index is 0.829. The van der Waals surface area contributed by atoms with E-state index in [0.29, 0.717) is 0 Å². The number of benzene rings is 1. The Balaban J connectivity index is 3.21. The van der Waals surface area contributed by atoms with Gasteiger partial charge in [-0.15, -0.1) is 4.52 Å². The Morgan fingerprint density at radius 1 is 1.25 bits per heavy atom. The van der Waals surface area contributed by atoms with Crippen LogP contribution < -0.4 is 5.30 Å². The zero-order valence-corrected chi connectivity index (χ0v) is 8.39. The van der Waals surface area contributed by atoms with Crippen LogP contribution in [-0.4, -0.2) is 7.11 Å². The van der Waals surface area contributed by atoms with Crippen molar-refractivity contribution < 1.29 is 9.09 Å². The molecule has 0 saturated heterocycles. The first-order chi connectivity index (χ1) is 5.66. The number of rotatable bonds is 2. The molecule has 0 spiro atoms. The Hall–Kier alpha value is -0.720. The van der Waals surface area contributed by atoms with E-state index in [1.807, 2.05) is 32.0 Å². The Labute approximate surface area is 73.4 Å². The second kappa shape index (κ2) is 3.79. The number of hydrogen-bond acceptors (Lipinski definition) is 2. The topological polar surface area (TPSA) is 26.3 Å². The molecule has 0 aromatic heterocycles. The Kier molecular flexibility index (Phi) is 2.96. The van der Waals surface area contributed by atoms with E-state index < -0.39 is 8.03 Å². The molecule has 0 radical (unpaired) electrons. The lowest BCUT2D eigenvalue weighted by molar-refractivity contribution is 0.423. The van der Waals surface area contributed by atoms with Crippen molar-refractivity contribution in [3.8, 4) is 0 Å². The third-order valence-corrected chi connectivity index (χ3v) is 3.19. The van der Waals surface area contributed by atoms with Crippen molar-refractivity contribution in [1.82, 2.24) is 0 Å². The predicted molar refractivity (Wildman–Crippen MR) is 50.2 cm³/mol. The van der Waals surface area contributed by atoms with E-state index in [9.17, 15) is 4.57 Å². The van der Waals surface area contributed by atoms with Crippen molar-refractivity contribution in [1.29, 1.82) is 0 Å². The van der Waals surface area contributed by atoms with Crippen LogP contribution in [0.4, 0.5) is 0 Å². The van der Waals surface area contributed by atoms with Crippen LogP contribution in [0.3, 0.4) is 0 Å². The van der Waals surface area contributed by atoms with Gasteiger partial charge < -0.3 is 0 Å². The van der Waals surface area contributed by atoms with Crippen molar-refractivity contribution in [3.05, 3.63) is 29.3 Å². The Bertz CT molecular complexity index is 287. The summed E-state index contributed by atoms with van der Waals surface area (Å²) in [5, 5.41) is 0.829. The molecule has 0 N–H and O–H groups in total. The average Bonchev–Trinajstić information content (AvgIpc) is 2.03. The first-order valence-electron chi connectivity index (χ1n) is 3.74. The maximum atomic E-state index is 11.4. The SMILES string of the molecule is CO[P+](=O)c1c(C)cccc1C. The molecule has 0 aliphatic heterocycles. The lowest BCUT2D eigenvalue weighted by atomic mass is 10.2. The fourth-order valence-corrected chi connectivity index (χ4v) is 2.09. The monoisotopic (exact) mass is 183 g/mol. The van der Waals surface area contributed by atoms with Gasteiger partial charge in [-0.1, -0.05) is 18.2 Å². The molecular formula is C9H12O2P+. The van der Waals surface area contributed by atoms with Crippen LogP contribution in [0.2, 0.25) is 0 Å². The molecule has 0 heterocycles. The van der Waals surface area contributed by atoms with Gasteiger partial charge in [0.25, 0.3) is 0 Å². The lowest BCUT2D eigenvalue weighted by Gasteiger charge is -1.95. The molecule has 1 atom stereocenters. The second-order valence-corrected chi connectivity index (χ2v) is 4.01. The van der Waals surface area contributed by atoms with E-state index in [-0.39, 0.29) is 0 Å². The quantitative estimate of drug-likeness (QED) is 0.657. The molecule has 12 heavy (non-hydrogen) atoms. The molecule has 0 amide bonds. The highest BCUT2D eigenvalue weighted by molar-refractivity contribution is 7.48. The molecule has 0 bridgehead atoms. The summed E-state index contributed by atoms with van der Waals surface area (Å²) in [5.41, 5.74) is 2.05. The van der Waals surface area contributed by atoms with Gasteiger partial charge in [-0.3, -0.25) is 0 Å². The van der Waals surface area contributed by atoms with E-state index >= 15 is 0 Å². The van der Waals surface area contributed by atoms with Crippen LogP contribution in [-0.2, 0) is 9.09 Å². The Morgan fingerprint density at radius 3 is 2.17 bits per heavy atom. The third-order valence-electron chi connectivity index (χ3n) is 1.79. The maximum Gasteiger partial charge on any atom is 0.548 e. The summed E-state index contributed by atoms with van der Waals surface area (Å²) in [6.45, 7) is 3.88. The van der Waals surface area contributed by atoms with Crippen LogP contribution >= 0.6 is 8.03 Å². The first-order valence-corrected chi connectivity index (χ1v) is 4.92. The highest BCUT2D eigenvalue weighted by Crippen LogP contribution is 2.23. The van der Waals surface area contributed by atoms with E-state index in [4.69, 9.17) is 4.52 Å². The van der Waals surface area contributed by atoms with Gasteiger partial charge in [-0.25, -0.2) is 0 Å². The minimum atomic E-state index is -1.67. The molecule has 1 rings (SSSR count). The molecule has 1 aromatic carbocycles. The van der Waals surface area contributed by atoms with Crippen LogP contribution in [0.15, 0.2) is 18.2 Å². The van der Waals surface area contributed by atoms with E-state index in [1.165, 1.54) is 7.11 Å². The summed E-state index contributed by atoms with van der Waals surface area (Å²) in [6, 6.07) is 5.83. The fourth-order valence-electron chi connectivity index (χ4n) is 1.18. The summed E-state index contributed by atoms with van der Waals surface area (Å²) in [7, 11) is -0.202. The van der Waals surface area contributed by atoms with Gasteiger partial charge in [0.1, 0.15) is 0 Å². The zero-order chi connectivity index (χ0) is 9.14. The largest absolute Gasteiger partial charge is 0.548 e. The van der Waals surface area contributed by atoms with Crippen molar-refractivity contribution >= 4 is 13.3 Å². The average molecular weight is 183 g/mol. The highest BCUT2D eigenvalue weighted by atomic mass is 31.1. The van der Waals surface area contributed by atoms with Gasteiger partial charge in [-0.2, -0.15) is 0 Å². The van der Waals surface area contributed by atoms with Crippen molar-refractivity contribution in [3.63, 3.8) is 0 Å². The van der Waals surface area contributed by atoms with Gasteiger partial charge in [0.2, 0.25) is 5.30 Å². The molecule has 64 valence electrons. The van der Waals surface area contributed by atoms with Gasteiger partial charge >= 0.3 is 8.03 Å². The lowest BCUT2D eigenvalue weighted by Crippen LogP contribution is -2.06. The summed E-state index contributed by atoms with van der Waals surface area (Å²) in [5.74, 6) is 0. The summed E-state index contributed by atoms with van der Waals surface area (Å²) < 4.78 is 16.2. The first kappa shape index (κ1) is 9.37. The van der Waals surface area contributed by atoms with E-state index in [0.717, 1.165) is 16.4 Å². The van der Waals surface area contributed by atoms with Crippen LogP contribution in [0.25, 0.3) is 0 Å². The second-order valence-electron chi connectivity index (χ2n) is 2.68. The standard InChI is InChI=1S/C9H12O2P/c1-7-5-4-6-8(2)9(7)12(10)11-3/h4-6H,1-3H3/q+1. The molecule has 2 nitrogen and oxygen atoms in total. The van der Waals surface area contributed by atoms with Crippen molar-refractivity contribution in [2.75, 3.05) is 7.11 Å². The molecule has 0 fully saturated rings. The normalized spacial score (nSPS) is 11.4. The summed E-state index contributed by atoms with van der Waals surface area (Å²) in [4.78, 5) is 0. The number of hydrogen-bond donors (Lipinski definition) is 0. The van der Waals surface area contributed by atoms with E-state index in [2.05, 4.69) is 0 Å². The Morgan fingerprint density at radius 2 is 1.75 bits per heavy atom. The van der Waals surface area contributed by atoms with Crippen LogP contribution in [0, 0.1) is 13.8 Å². The van der Waals surface area contributed by atoms with Gasteiger partial charge in [-0.05, 0) is 18.4 Å². The minimum Gasteiger partial charge on any atom is -0.145 e. The molecular weight excluding hydrogens is 171 g/mol. The smallest absolute Gasteiger partial charge is 0.145 e. The molecule has 0 aliphatic carbocycles. The van der Waals surface area contributed by atoms with Crippen molar-refractivity contribution in [2.24, 2.45) is 0 Å². The third kappa shape index (κ3) is 1.71. The van der Waals surface area contributed by atoms with Crippen LogP contribution in [0.5, 0.6) is 0 Å². The maximum absolute atomic E-state index is 11.4. The number of aryl methyl sites for hydroxylation is 2. The van der Waals surface area contributed by atoms with Crippen molar-refractivity contribution in [2.45, 2.75) is 13.8 Å². The van der Waals surface area contributed by atoms with Crippen LogP contribution in [0.1, 0.15) is 11.1 Å². The molecule has 0 aliphatic rings. The molecule has 1 aromatic rings. The fraction of sp³-hybridized carbons (Fsp3) is 0.333. The molecule has 3 heteroatoms. The van der Waals surface area contributed by atoms with Gasteiger partial charge in [0, 0.05) is 11.1 Å². The van der Waals surface area contributed by atoms with Gasteiger partial charge in [0.15, 0.2) is 0 Å². The highest BCUT2D eigenvalue weighted by Gasteiger charge is 2.24. The van der Waals surface area contributed by atoms with E-state index in [1.54, 1.807) is 0 Å². The predicted octanol–water partition coefficient (Wildman–Crippen LogP) is 2.32.